The van der Waals surface area contributed by atoms with Crippen molar-refractivity contribution in [1.29, 1.82) is 0 Å². The molecule has 8 heteroatoms. The Balaban J connectivity index is 1.74. The highest BCUT2D eigenvalue weighted by Gasteiger charge is 2.35. The Morgan fingerprint density at radius 1 is 1.26 bits per heavy atom. The molecule has 1 aromatic heterocycles. The lowest BCUT2D eigenvalue weighted by molar-refractivity contribution is -0.124. The van der Waals surface area contributed by atoms with Gasteiger partial charge in [0.2, 0.25) is 5.91 Å². The summed E-state index contributed by atoms with van der Waals surface area (Å²) in [5.74, 6) is -1.12. The summed E-state index contributed by atoms with van der Waals surface area (Å²) in [5.41, 5.74) is 6.30. The molecule has 1 saturated carbocycles. The molecular weight excluding hydrogens is 348 g/mol. The van der Waals surface area contributed by atoms with E-state index in [1.807, 2.05) is 0 Å². The Morgan fingerprint density at radius 2 is 2.00 bits per heavy atom. The van der Waals surface area contributed by atoms with Crippen LogP contribution in [0.25, 0.3) is 5.69 Å². The second-order valence-corrected chi connectivity index (χ2v) is 6.59. The van der Waals surface area contributed by atoms with Gasteiger partial charge >= 0.3 is 0 Å². The smallest absolute Gasteiger partial charge is 0.273 e. The number of rotatable bonds is 5. The molecule has 0 spiro atoms. The van der Waals surface area contributed by atoms with Crippen LogP contribution in [0.3, 0.4) is 0 Å². The number of benzene rings is 1. The van der Waals surface area contributed by atoms with Gasteiger partial charge in [0.15, 0.2) is 0 Å². The number of amides is 2. The van der Waals surface area contributed by atoms with Gasteiger partial charge in [0.25, 0.3) is 11.5 Å². The minimum absolute atomic E-state index is 0.00755. The predicted octanol–water partition coefficient (Wildman–Crippen LogP) is 0.631. The zero-order valence-electron chi connectivity index (χ0n) is 15.0. The van der Waals surface area contributed by atoms with E-state index in [9.17, 15) is 14.4 Å². The highest BCUT2D eigenvalue weighted by atomic mass is 16.5. The van der Waals surface area contributed by atoms with Gasteiger partial charge in [-0.3, -0.25) is 23.9 Å². The van der Waals surface area contributed by atoms with Gasteiger partial charge in [-0.2, -0.15) is 0 Å². The maximum absolute atomic E-state index is 12.6. The number of carbonyl (C=O) groups excluding carboxylic acids is 2. The van der Waals surface area contributed by atoms with Crippen molar-refractivity contribution in [3.63, 3.8) is 0 Å². The third-order valence-electron chi connectivity index (χ3n) is 4.95. The normalized spacial score (nSPS) is 22.2. The van der Waals surface area contributed by atoms with Crippen LogP contribution in [0.1, 0.15) is 29.6 Å². The minimum atomic E-state index is -0.415. The summed E-state index contributed by atoms with van der Waals surface area (Å²) in [5, 5.41) is 2.90. The van der Waals surface area contributed by atoms with Crippen molar-refractivity contribution in [3.8, 4) is 5.69 Å². The second-order valence-electron chi connectivity index (χ2n) is 6.59. The van der Waals surface area contributed by atoms with Crippen LogP contribution in [-0.2, 0) is 9.53 Å². The highest BCUT2D eigenvalue weighted by molar-refractivity contribution is 5.95. The fourth-order valence-electron chi connectivity index (χ4n) is 3.43. The van der Waals surface area contributed by atoms with Gasteiger partial charge in [0.05, 0.1) is 18.2 Å². The average Bonchev–Trinajstić information content (AvgIpc) is 2.68. The molecule has 0 radical (unpaired) electrons. The molecule has 3 rings (SSSR count). The van der Waals surface area contributed by atoms with E-state index in [1.165, 1.54) is 17.0 Å². The molecule has 0 saturated heterocycles. The number of nitrogens with two attached hydrogens (primary N) is 1. The van der Waals surface area contributed by atoms with Crippen molar-refractivity contribution in [1.82, 2.24) is 14.9 Å². The van der Waals surface area contributed by atoms with Crippen LogP contribution < -0.4 is 16.6 Å². The van der Waals surface area contributed by atoms with E-state index in [4.69, 9.17) is 10.5 Å². The first-order chi connectivity index (χ1) is 13.0. The molecule has 27 heavy (non-hydrogen) atoms. The molecule has 1 fully saturated rings. The zero-order chi connectivity index (χ0) is 19.4. The van der Waals surface area contributed by atoms with E-state index >= 15 is 0 Å². The number of hydrogen-bond donors (Lipinski definition) is 2. The number of nitrogens with zero attached hydrogens (tertiary/aromatic N) is 2. The first-order valence-electron chi connectivity index (χ1n) is 8.75. The molecule has 2 amide bonds. The summed E-state index contributed by atoms with van der Waals surface area (Å²) in [6.45, 7) is 0. The van der Waals surface area contributed by atoms with Crippen LogP contribution in [0.5, 0.6) is 0 Å². The van der Waals surface area contributed by atoms with Gasteiger partial charge in [0, 0.05) is 36.8 Å². The Morgan fingerprint density at radius 3 is 2.63 bits per heavy atom. The van der Waals surface area contributed by atoms with E-state index in [2.05, 4.69) is 10.3 Å². The summed E-state index contributed by atoms with van der Waals surface area (Å²) < 4.78 is 6.80. The molecule has 3 N–H and O–H groups in total. The van der Waals surface area contributed by atoms with Crippen LogP contribution in [0.4, 0.5) is 0 Å². The lowest BCUT2D eigenvalue weighted by Gasteiger charge is -2.34. The topological polar surface area (TPSA) is 116 Å². The maximum Gasteiger partial charge on any atom is 0.273 e. The van der Waals surface area contributed by atoms with Crippen molar-refractivity contribution < 1.29 is 14.3 Å². The maximum atomic E-state index is 12.6. The monoisotopic (exact) mass is 370 g/mol. The number of aromatic nitrogens is 2. The Kier molecular flexibility index (Phi) is 5.66. The summed E-state index contributed by atoms with van der Waals surface area (Å²) >= 11 is 0. The van der Waals surface area contributed by atoms with Crippen LogP contribution in [-0.4, -0.2) is 40.6 Å². The molecule has 8 nitrogen and oxygen atoms in total. The number of carbonyl (C=O) groups is 2. The summed E-state index contributed by atoms with van der Waals surface area (Å²) in [7, 11) is 1.62. The standard InChI is InChI=1S/C19H22N4O4/c1-27-14-6-7-15(18(20)25)16(10-14)22-19(26)12-2-4-13(5-3-12)23-9-8-21-11-17(23)24/h2-5,8-9,11,14-16H,6-7,10H2,1H3,(H2,20,25)(H,22,26). The number of hydrogen-bond acceptors (Lipinski definition) is 5. The number of nitrogens with one attached hydrogen (secondary N) is 1. The minimum Gasteiger partial charge on any atom is -0.381 e. The van der Waals surface area contributed by atoms with Crippen molar-refractivity contribution in [3.05, 3.63) is 58.8 Å². The van der Waals surface area contributed by atoms with Gasteiger partial charge in [-0.05, 0) is 43.5 Å². The molecule has 1 heterocycles. The van der Waals surface area contributed by atoms with E-state index in [0.29, 0.717) is 24.1 Å². The SMILES string of the molecule is COC1CCC(C(N)=O)C(NC(=O)c2ccc(-n3ccncc3=O)cc2)C1. The molecule has 1 aliphatic carbocycles. The predicted molar refractivity (Wildman–Crippen MR) is 98.4 cm³/mol. The Hall–Kier alpha value is -3.00. The van der Waals surface area contributed by atoms with Gasteiger partial charge in [-0.1, -0.05) is 0 Å². The fraction of sp³-hybridized carbons (Fsp3) is 0.368. The van der Waals surface area contributed by atoms with E-state index in [0.717, 1.165) is 6.42 Å². The number of ether oxygens (including phenoxy) is 1. The van der Waals surface area contributed by atoms with Crippen molar-refractivity contribution in [2.45, 2.75) is 31.4 Å². The van der Waals surface area contributed by atoms with Gasteiger partial charge in [-0.15, -0.1) is 0 Å². The van der Waals surface area contributed by atoms with E-state index < -0.39 is 11.8 Å². The molecule has 2 aromatic rings. The zero-order valence-corrected chi connectivity index (χ0v) is 15.0. The second kappa shape index (κ2) is 8.13. The summed E-state index contributed by atoms with van der Waals surface area (Å²) in [6, 6.07) is 6.26. The molecule has 0 aliphatic heterocycles. The van der Waals surface area contributed by atoms with Crippen LogP contribution in [0, 0.1) is 5.92 Å². The largest absolute Gasteiger partial charge is 0.381 e. The highest BCUT2D eigenvalue weighted by Crippen LogP contribution is 2.26. The average molecular weight is 370 g/mol. The lowest BCUT2D eigenvalue weighted by Crippen LogP contribution is -2.50. The third kappa shape index (κ3) is 4.22. The number of methoxy groups -OCH3 is 1. The fourth-order valence-corrected chi connectivity index (χ4v) is 3.43. The number of primary amides is 1. The van der Waals surface area contributed by atoms with Crippen molar-refractivity contribution >= 4 is 11.8 Å². The molecule has 3 atom stereocenters. The Labute approximate surface area is 156 Å². The molecule has 1 aliphatic rings. The van der Waals surface area contributed by atoms with E-state index in [-0.39, 0.29) is 23.6 Å². The van der Waals surface area contributed by atoms with Crippen LogP contribution in [0.15, 0.2) is 47.7 Å². The van der Waals surface area contributed by atoms with Crippen LogP contribution in [0.2, 0.25) is 0 Å². The quantitative estimate of drug-likeness (QED) is 0.801. The molecule has 0 bridgehead atoms. The first kappa shape index (κ1) is 18.8. The molecular formula is C19H22N4O4. The molecule has 1 aromatic carbocycles. The van der Waals surface area contributed by atoms with Crippen molar-refractivity contribution in [2.24, 2.45) is 11.7 Å². The lowest BCUT2D eigenvalue weighted by atomic mass is 9.82. The molecule has 142 valence electrons. The first-order valence-corrected chi connectivity index (χ1v) is 8.75. The van der Waals surface area contributed by atoms with Crippen molar-refractivity contribution in [2.75, 3.05) is 7.11 Å². The van der Waals surface area contributed by atoms with E-state index in [1.54, 1.807) is 37.6 Å². The molecule has 3 unspecified atom stereocenters. The van der Waals surface area contributed by atoms with Gasteiger partial charge < -0.3 is 15.8 Å². The summed E-state index contributed by atoms with van der Waals surface area (Å²) in [6.07, 6.45) is 6.16. The summed E-state index contributed by atoms with van der Waals surface area (Å²) in [4.78, 5) is 39.9. The van der Waals surface area contributed by atoms with Crippen LogP contribution >= 0.6 is 0 Å². The third-order valence-corrected chi connectivity index (χ3v) is 4.95. The Bertz CT molecular complexity index is 878. The van der Waals surface area contributed by atoms with Gasteiger partial charge in [-0.25, -0.2) is 0 Å². The van der Waals surface area contributed by atoms with Gasteiger partial charge in [0.1, 0.15) is 0 Å².